The highest BCUT2D eigenvalue weighted by Crippen LogP contribution is 2.26. The topological polar surface area (TPSA) is 65.8 Å². The Hall–Kier alpha value is -2.00. The predicted octanol–water partition coefficient (Wildman–Crippen LogP) is 5.34. The van der Waals surface area contributed by atoms with Gasteiger partial charge in [0.2, 0.25) is 0 Å². The van der Waals surface area contributed by atoms with Crippen molar-refractivity contribution in [3.05, 3.63) is 79.1 Å². The summed E-state index contributed by atoms with van der Waals surface area (Å²) in [5.41, 5.74) is 10.8. The van der Waals surface area contributed by atoms with E-state index in [9.17, 15) is 4.79 Å². The van der Waals surface area contributed by atoms with Crippen molar-refractivity contribution in [2.45, 2.75) is 13.5 Å². The molecule has 0 bridgehead atoms. The van der Waals surface area contributed by atoms with Crippen LogP contribution in [0.3, 0.4) is 0 Å². The van der Waals surface area contributed by atoms with Crippen molar-refractivity contribution in [2.75, 3.05) is 0 Å². The lowest BCUT2D eigenvalue weighted by Gasteiger charge is -2.11. The Balaban J connectivity index is 2.53. The van der Waals surface area contributed by atoms with Crippen molar-refractivity contribution >= 4 is 29.0 Å². The number of aryl methyl sites for hydroxylation is 1. The lowest BCUT2D eigenvalue weighted by molar-refractivity contribution is 0.103. The number of nitrogens with zero attached hydrogens (tertiary/aromatic N) is 3. The van der Waals surface area contributed by atoms with Crippen LogP contribution >= 0.6 is 23.2 Å². The molecule has 0 heterocycles. The summed E-state index contributed by atoms with van der Waals surface area (Å²) in [6.45, 7) is 1.94. The van der Waals surface area contributed by atoms with Gasteiger partial charge in [-0.1, -0.05) is 34.4 Å². The second-order valence-corrected chi connectivity index (χ2v) is 5.35. The summed E-state index contributed by atoms with van der Waals surface area (Å²) >= 11 is 12.0. The summed E-state index contributed by atoms with van der Waals surface area (Å²) in [4.78, 5) is 15.3. The molecule has 0 N–H and O–H groups in total. The van der Waals surface area contributed by atoms with Gasteiger partial charge in [0.05, 0.1) is 11.6 Å². The van der Waals surface area contributed by atoms with Crippen molar-refractivity contribution in [3.63, 3.8) is 0 Å². The molecule has 0 aromatic heterocycles. The Bertz CT molecular complexity index is 735. The zero-order valence-corrected chi connectivity index (χ0v) is 12.7. The normalized spacial score (nSPS) is 10.0. The molecule has 21 heavy (non-hydrogen) atoms. The number of ketones is 1. The van der Waals surface area contributed by atoms with E-state index >= 15 is 0 Å². The zero-order chi connectivity index (χ0) is 15.4. The lowest BCUT2D eigenvalue weighted by Crippen LogP contribution is -2.07. The number of carbonyl (C=O) groups is 1. The van der Waals surface area contributed by atoms with Gasteiger partial charge in [-0.05, 0) is 53.9 Å². The molecule has 0 aliphatic rings. The molecule has 0 aliphatic carbocycles. The second kappa shape index (κ2) is 6.64. The highest BCUT2D eigenvalue weighted by Gasteiger charge is 2.17. The molecule has 2 aromatic rings. The van der Waals surface area contributed by atoms with E-state index in [1.807, 2.05) is 6.92 Å². The number of halogens is 2. The van der Waals surface area contributed by atoms with Gasteiger partial charge >= 0.3 is 0 Å². The van der Waals surface area contributed by atoms with E-state index in [2.05, 4.69) is 10.0 Å². The number of benzene rings is 2. The van der Waals surface area contributed by atoms with E-state index < -0.39 is 0 Å². The minimum Gasteiger partial charge on any atom is -0.289 e. The second-order valence-electron chi connectivity index (χ2n) is 4.51. The number of hydrogen-bond acceptors (Lipinski definition) is 2. The average molecular weight is 320 g/mol. The molecule has 2 rings (SSSR count). The lowest BCUT2D eigenvalue weighted by atomic mass is 9.96. The molecule has 0 fully saturated rings. The third kappa shape index (κ3) is 3.56. The maximum absolute atomic E-state index is 12.6. The molecule has 0 aliphatic heterocycles. The molecular formula is C15H11Cl2N3O. The SMILES string of the molecule is Cc1cc(Cl)c(C(=O)c2ccc(Cl)cc2)c(CN=[N+]=[N-])c1. The molecule has 106 valence electrons. The highest BCUT2D eigenvalue weighted by molar-refractivity contribution is 6.35. The standard InChI is InChI=1S/C15H11Cl2N3O/c1-9-6-11(8-19-20-18)14(13(17)7-9)15(21)10-2-4-12(16)5-3-10/h2-7H,8H2,1H3. The Morgan fingerprint density at radius 3 is 2.52 bits per heavy atom. The Morgan fingerprint density at radius 2 is 1.90 bits per heavy atom. The summed E-state index contributed by atoms with van der Waals surface area (Å²) in [5, 5.41) is 4.42. The molecule has 0 saturated carbocycles. The molecule has 0 spiro atoms. The van der Waals surface area contributed by atoms with Gasteiger partial charge in [-0.2, -0.15) is 0 Å². The van der Waals surface area contributed by atoms with Crippen LogP contribution in [0.1, 0.15) is 27.0 Å². The van der Waals surface area contributed by atoms with Crippen LogP contribution < -0.4 is 0 Å². The number of rotatable bonds is 4. The minimum atomic E-state index is -0.222. The summed E-state index contributed by atoms with van der Waals surface area (Å²) in [6.07, 6.45) is 0. The maximum Gasteiger partial charge on any atom is 0.194 e. The average Bonchev–Trinajstić information content (AvgIpc) is 2.44. The predicted molar refractivity (Wildman–Crippen MR) is 83.9 cm³/mol. The zero-order valence-electron chi connectivity index (χ0n) is 11.2. The van der Waals surface area contributed by atoms with Gasteiger partial charge in [-0.25, -0.2) is 0 Å². The van der Waals surface area contributed by atoms with Crippen molar-refractivity contribution < 1.29 is 4.79 Å². The van der Waals surface area contributed by atoms with Gasteiger partial charge in [-0.3, -0.25) is 4.79 Å². The molecular weight excluding hydrogens is 309 g/mol. The van der Waals surface area contributed by atoms with Gasteiger partial charge in [0.15, 0.2) is 5.78 Å². The first-order valence-electron chi connectivity index (χ1n) is 6.13. The molecule has 0 amide bonds. The third-order valence-corrected chi connectivity index (χ3v) is 3.50. The first kappa shape index (κ1) is 15.4. The van der Waals surface area contributed by atoms with Crippen LogP contribution in [0.4, 0.5) is 0 Å². The molecule has 0 atom stereocenters. The first-order valence-corrected chi connectivity index (χ1v) is 6.88. The highest BCUT2D eigenvalue weighted by atomic mass is 35.5. The summed E-state index contributed by atoms with van der Waals surface area (Å²) in [5.74, 6) is -0.222. The van der Waals surface area contributed by atoms with Crippen LogP contribution in [0.2, 0.25) is 10.0 Å². The summed E-state index contributed by atoms with van der Waals surface area (Å²) in [6, 6.07) is 10.1. The molecule has 2 aromatic carbocycles. The third-order valence-electron chi connectivity index (χ3n) is 2.95. The van der Waals surface area contributed by atoms with E-state index in [-0.39, 0.29) is 12.3 Å². The van der Waals surface area contributed by atoms with E-state index in [1.165, 1.54) is 0 Å². The quantitative estimate of drug-likeness (QED) is 0.324. The monoisotopic (exact) mass is 319 g/mol. The molecule has 0 radical (unpaired) electrons. The van der Waals surface area contributed by atoms with E-state index in [0.29, 0.717) is 26.7 Å². The van der Waals surface area contributed by atoms with E-state index in [1.54, 1.807) is 36.4 Å². The first-order chi connectivity index (χ1) is 10.0. The maximum atomic E-state index is 12.6. The Labute approximate surface area is 131 Å². The Morgan fingerprint density at radius 1 is 1.24 bits per heavy atom. The molecule has 0 unspecified atom stereocenters. The number of hydrogen-bond donors (Lipinski definition) is 0. The van der Waals surface area contributed by atoms with Gasteiger partial charge < -0.3 is 0 Å². The van der Waals surface area contributed by atoms with Crippen molar-refractivity contribution in [1.29, 1.82) is 0 Å². The summed E-state index contributed by atoms with van der Waals surface area (Å²) < 4.78 is 0. The fraction of sp³-hybridized carbons (Fsp3) is 0.133. The van der Waals surface area contributed by atoms with Crippen LogP contribution in [0, 0.1) is 6.92 Å². The van der Waals surface area contributed by atoms with E-state index in [0.717, 1.165) is 5.56 Å². The van der Waals surface area contributed by atoms with Crippen molar-refractivity contribution in [3.8, 4) is 0 Å². The van der Waals surface area contributed by atoms with Gasteiger partial charge in [0, 0.05) is 21.1 Å². The summed E-state index contributed by atoms with van der Waals surface area (Å²) in [7, 11) is 0. The molecule has 0 saturated heterocycles. The van der Waals surface area contributed by atoms with Crippen molar-refractivity contribution in [1.82, 2.24) is 0 Å². The van der Waals surface area contributed by atoms with Crippen LogP contribution in [0.15, 0.2) is 41.5 Å². The fourth-order valence-corrected chi connectivity index (χ4v) is 2.55. The number of carbonyl (C=O) groups excluding carboxylic acids is 1. The van der Waals surface area contributed by atoms with E-state index in [4.69, 9.17) is 28.7 Å². The molecule has 6 heteroatoms. The van der Waals surface area contributed by atoms with Crippen LogP contribution in [0.25, 0.3) is 10.4 Å². The minimum absolute atomic E-state index is 0.0760. The van der Waals surface area contributed by atoms with Crippen LogP contribution in [0.5, 0.6) is 0 Å². The van der Waals surface area contributed by atoms with Crippen LogP contribution in [-0.4, -0.2) is 5.78 Å². The van der Waals surface area contributed by atoms with Gasteiger partial charge in [-0.15, -0.1) is 0 Å². The van der Waals surface area contributed by atoms with Gasteiger partial charge in [0.25, 0.3) is 0 Å². The fourth-order valence-electron chi connectivity index (χ4n) is 2.05. The van der Waals surface area contributed by atoms with Crippen LogP contribution in [-0.2, 0) is 6.54 Å². The smallest absolute Gasteiger partial charge is 0.194 e. The molecule has 4 nitrogen and oxygen atoms in total. The van der Waals surface area contributed by atoms with Gasteiger partial charge in [0.1, 0.15) is 0 Å². The number of azide groups is 1. The Kier molecular flexibility index (Phi) is 4.86. The largest absolute Gasteiger partial charge is 0.289 e. The van der Waals surface area contributed by atoms with Crippen molar-refractivity contribution in [2.24, 2.45) is 5.11 Å².